The van der Waals surface area contributed by atoms with Crippen LogP contribution in [-0.4, -0.2) is 10.5 Å². The van der Waals surface area contributed by atoms with Crippen LogP contribution in [0.15, 0.2) is 0 Å². The number of nitrogens with zero attached hydrogens (tertiary/aromatic N) is 2. The Labute approximate surface area is 67.2 Å². The van der Waals surface area contributed by atoms with Crippen LogP contribution in [-0.2, 0) is 0 Å². The molecule has 0 aromatic heterocycles. The van der Waals surface area contributed by atoms with Crippen LogP contribution in [0.25, 0.3) is 5.53 Å². The molecule has 2 heteroatoms. The van der Waals surface area contributed by atoms with Crippen molar-refractivity contribution in [2.24, 2.45) is 5.41 Å². The topological polar surface area (TPSA) is 36.4 Å². The van der Waals surface area contributed by atoms with E-state index in [1.165, 1.54) is 32.1 Å². The second-order valence-electron chi connectivity index (χ2n) is 4.02. The molecular formula is C9H14N2. The first-order valence-electron chi connectivity index (χ1n) is 4.54. The summed E-state index contributed by atoms with van der Waals surface area (Å²) in [5, 5.41) is 0. The van der Waals surface area contributed by atoms with Crippen LogP contribution in [0.5, 0.6) is 0 Å². The van der Waals surface area contributed by atoms with E-state index in [9.17, 15) is 0 Å². The molecule has 0 saturated heterocycles. The Morgan fingerprint density at radius 2 is 1.73 bits per heavy atom. The predicted molar refractivity (Wildman–Crippen MR) is 43.4 cm³/mol. The summed E-state index contributed by atoms with van der Waals surface area (Å²) in [5.74, 6) is 0. The zero-order chi connectivity index (χ0) is 7.73. The minimum absolute atomic E-state index is 0.689. The SMILES string of the molecule is [N-]=[N+]=C1CCC2(CCC2)CC1. The Bertz CT molecular complexity index is 198. The van der Waals surface area contributed by atoms with Crippen LogP contribution in [0.1, 0.15) is 44.9 Å². The molecule has 0 atom stereocenters. The standard InChI is InChI=1S/C9H14N2/c10-11-8-2-6-9(7-3-8)4-1-5-9/h1-7H2. The maximum absolute atomic E-state index is 8.54. The lowest BCUT2D eigenvalue weighted by Gasteiger charge is -2.43. The lowest BCUT2D eigenvalue weighted by molar-refractivity contribution is -0.0220. The van der Waals surface area contributed by atoms with Gasteiger partial charge in [0.1, 0.15) is 0 Å². The van der Waals surface area contributed by atoms with Gasteiger partial charge in [-0.15, -0.1) is 0 Å². The summed E-state index contributed by atoms with van der Waals surface area (Å²) in [6, 6.07) is 0. The van der Waals surface area contributed by atoms with Gasteiger partial charge in [-0.2, -0.15) is 4.79 Å². The molecule has 0 amide bonds. The molecule has 0 aliphatic heterocycles. The van der Waals surface area contributed by atoms with E-state index in [4.69, 9.17) is 5.53 Å². The average molecular weight is 150 g/mol. The molecule has 2 nitrogen and oxygen atoms in total. The van der Waals surface area contributed by atoms with Crippen molar-refractivity contribution in [2.75, 3.05) is 0 Å². The third-order valence-corrected chi connectivity index (χ3v) is 3.44. The van der Waals surface area contributed by atoms with Crippen LogP contribution in [0.4, 0.5) is 0 Å². The largest absolute Gasteiger partial charge is 0.362 e. The maximum atomic E-state index is 8.54. The van der Waals surface area contributed by atoms with E-state index in [0.717, 1.165) is 18.6 Å². The van der Waals surface area contributed by atoms with E-state index < -0.39 is 0 Å². The minimum Gasteiger partial charge on any atom is -0.362 e. The van der Waals surface area contributed by atoms with Gasteiger partial charge < -0.3 is 5.53 Å². The van der Waals surface area contributed by atoms with Crippen molar-refractivity contribution in [1.82, 2.24) is 0 Å². The zero-order valence-corrected chi connectivity index (χ0v) is 6.84. The highest BCUT2D eigenvalue weighted by Gasteiger charge is 2.40. The molecule has 2 aliphatic rings. The van der Waals surface area contributed by atoms with Crippen molar-refractivity contribution in [3.05, 3.63) is 5.53 Å². The van der Waals surface area contributed by atoms with Gasteiger partial charge in [-0.3, -0.25) is 0 Å². The molecule has 2 saturated carbocycles. The van der Waals surface area contributed by atoms with Crippen LogP contribution in [0.3, 0.4) is 0 Å². The van der Waals surface area contributed by atoms with Crippen molar-refractivity contribution in [1.29, 1.82) is 0 Å². The number of hydrogen-bond acceptors (Lipinski definition) is 0. The highest BCUT2D eigenvalue weighted by molar-refractivity contribution is 5.79. The fraction of sp³-hybridized carbons (Fsp3) is 0.889. The molecule has 60 valence electrons. The molecule has 0 N–H and O–H groups in total. The van der Waals surface area contributed by atoms with Crippen LogP contribution in [0.2, 0.25) is 0 Å². The molecule has 0 radical (unpaired) electrons. The first-order chi connectivity index (χ1) is 5.35. The van der Waals surface area contributed by atoms with E-state index in [-0.39, 0.29) is 0 Å². The van der Waals surface area contributed by atoms with Crippen molar-refractivity contribution < 1.29 is 4.79 Å². The first kappa shape index (κ1) is 7.05. The molecule has 0 aromatic carbocycles. The average Bonchev–Trinajstić information content (AvgIpc) is 2.02. The van der Waals surface area contributed by atoms with Gasteiger partial charge >= 0.3 is 0 Å². The molecule has 2 aliphatic carbocycles. The van der Waals surface area contributed by atoms with Gasteiger partial charge in [0.2, 0.25) is 0 Å². The van der Waals surface area contributed by atoms with E-state index >= 15 is 0 Å². The highest BCUT2D eigenvalue weighted by atomic mass is 14.9. The summed E-state index contributed by atoms with van der Waals surface area (Å²) >= 11 is 0. The fourth-order valence-corrected chi connectivity index (χ4v) is 2.35. The predicted octanol–water partition coefficient (Wildman–Crippen LogP) is 2.40. The summed E-state index contributed by atoms with van der Waals surface area (Å²) in [6.07, 6.45) is 8.88. The second-order valence-corrected chi connectivity index (χ2v) is 4.02. The molecule has 1 spiro atoms. The van der Waals surface area contributed by atoms with E-state index in [2.05, 4.69) is 4.79 Å². The Kier molecular flexibility index (Phi) is 1.57. The summed E-state index contributed by atoms with van der Waals surface area (Å²) in [6.45, 7) is 0. The number of rotatable bonds is 0. The third-order valence-electron chi connectivity index (χ3n) is 3.44. The normalized spacial score (nSPS) is 27.8. The maximum Gasteiger partial charge on any atom is 0.268 e. The molecule has 0 bridgehead atoms. The van der Waals surface area contributed by atoms with E-state index in [1.54, 1.807) is 0 Å². The summed E-state index contributed by atoms with van der Waals surface area (Å²) in [4.78, 5) is 3.29. The van der Waals surface area contributed by atoms with Gasteiger partial charge in [0.15, 0.2) is 0 Å². The summed E-state index contributed by atoms with van der Waals surface area (Å²) in [5.41, 5.74) is 10.2. The third kappa shape index (κ3) is 1.12. The molecule has 0 unspecified atom stereocenters. The van der Waals surface area contributed by atoms with Crippen molar-refractivity contribution in [3.63, 3.8) is 0 Å². The lowest BCUT2D eigenvalue weighted by Crippen LogP contribution is -2.34. The van der Waals surface area contributed by atoms with Gasteiger partial charge in [-0.05, 0) is 31.1 Å². The molecule has 11 heavy (non-hydrogen) atoms. The molecule has 2 rings (SSSR count). The van der Waals surface area contributed by atoms with E-state index in [1.807, 2.05) is 0 Å². The molecule has 0 heterocycles. The van der Waals surface area contributed by atoms with Crippen molar-refractivity contribution >= 4 is 5.71 Å². The Morgan fingerprint density at radius 3 is 2.09 bits per heavy atom. The molecule has 2 fully saturated rings. The quantitative estimate of drug-likeness (QED) is 0.375. The minimum atomic E-state index is 0.689. The second kappa shape index (κ2) is 2.46. The van der Waals surface area contributed by atoms with Gasteiger partial charge in [0, 0.05) is 12.8 Å². The highest BCUT2D eigenvalue weighted by Crippen LogP contribution is 2.50. The summed E-state index contributed by atoms with van der Waals surface area (Å²) in [7, 11) is 0. The Morgan fingerprint density at radius 1 is 1.09 bits per heavy atom. The van der Waals surface area contributed by atoms with Crippen molar-refractivity contribution in [2.45, 2.75) is 44.9 Å². The summed E-state index contributed by atoms with van der Waals surface area (Å²) < 4.78 is 0. The monoisotopic (exact) mass is 150 g/mol. The van der Waals surface area contributed by atoms with Crippen molar-refractivity contribution in [3.8, 4) is 0 Å². The lowest BCUT2D eigenvalue weighted by atomic mass is 9.60. The number of hydrogen-bond donors (Lipinski definition) is 0. The zero-order valence-electron chi connectivity index (χ0n) is 6.84. The fourth-order valence-electron chi connectivity index (χ4n) is 2.35. The van der Waals surface area contributed by atoms with Crippen LogP contribution < -0.4 is 0 Å². The van der Waals surface area contributed by atoms with Gasteiger partial charge in [0.25, 0.3) is 5.71 Å². The van der Waals surface area contributed by atoms with Gasteiger partial charge in [-0.25, -0.2) is 0 Å². The first-order valence-corrected chi connectivity index (χ1v) is 4.54. The smallest absolute Gasteiger partial charge is 0.268 e. The molecular weight excluding hydrogens is 136 g/mol. The Balaban J connectivity index is 1.99. The van der Waals surface area contributed by atoms with Crippen LogP contribution in [0, 0.1) is 5.41 Å². The van der Waals surface area contributed by atoms with Gasteiger partial charge in [-0.1, -0.05) is 6.42 Å². The molecule has 0 aromatic rings. The Hall–Kier alpha value is -0.620. The van der Waals surface area contributed by atoms with Gasteiger partial charge in [0.05, 0.1) is 0 Å². The van der Waals surface area contributed by atoms with E-state index in [0.29, 0.717) is 5.41 Å². The van der Waals surface area contributed by atoms with Crippen LogP contribution >= 0.6 is 0 Å².